The molecule has 3 aromatic heterocycles. The number of aryl methyl sites for hydroxylation is 1. The average Bonchev–Trinajstić information content (AvgIpc) is 3.58. The first kappa shape index (κ1) is 34.1. The van der Waals surface area contributed by atoms with Crippen LogP contribution in [0.1, 0.15) is 52.9 Å². The highest BCUT2D eigenvalue weighted by Crippen LogP contribution is 2.41. The third kappa shape index (κ3) is 5.95. The molecule has 1 aliphatic carbocycles. The van der Waals surface area contributed by atoms with E-state index >= 15 is 4.39 Å². The normalized spacial score (nSPS) is 20.0. The Kier molecular flexibility index (Phi) is 8.45. The van der Waals surface area contributed by atoms with Crippen LogP contribution < -0.4 is 26.0 Å². The van der Waals surface area contributed by atoms with Crippen LogP contribution in [0.3, 0.4) is 0 Å². The highest BCUT2D eigenvalue weighted by molar-refractivity contribution is 6.13. The fraction of sp³-hybridized carbons (Fsp3) is 0.436. The Morgan fingerprint density at radius 1 is 1.04 bits per heavy atom. The van der Waals surface area contributed by atoms with Gasteiger partial charge < -0.3 is 34.3 Å². The maximum Gasteiger partial charge on any atom is 0.274 e. The Morgan fingerprint density at radius 3 is 2.54 bits per heavy atom. The molecular formula is C39H45FN8O4. The number of hydrogen-bond acceptors (Lipinski definition) is 8. The minimum atomic E-state index is -0.604. The number of fused-ring (bicyclic) bond motifs is 3. The molecule has 0 bridgehead atoms. The minimum Gasteiger partial charge on any atom is -0.378 e. The Morgan fingerprint density at radius 2 is 1.85 bits per heavy atom. The third-order valence-electron chi connectivity index (χ3n) is 11.1. The average molecular weight is 709 g/mol. The van der Waals surface area contributed by atoms with E-state index in [0.29, 0.717) is 35.7 Å². The van der Waals surface area contributed by atoms with Gasteiger partial charge in [0.05, 0.1) is 42.4 Å². The Bertz CT molecular complexity index is 2140. The van der Waals surface area contributed by atoms with Crippen molar-refractivity contribution in [1.29, 1.82) is 0 Å². The van der Waals surface area contributed by atoms with Crippen molar-refractivity contribution in [1.82, 2.24) is 24.3 Å². The van der Waals surface area contributed by atoms with Crippen molar-refractivity contribution in [2.75, 3.05) is 61.6 Å². The number of carbonyl (C=O) groups excluding carboxylic acids is 2. The highest BCUT2D eigenvalue weighted by Gasteiger charge is 2.38. The number of nitrogens with one attached hydrogen (secondary N) is 2. The first-order valence-electron chi connectivity index (χ1n) is 18.0. The number of halogens is 1. The number of ether oxygens (including phenoxy) is 1. The predicted molar refractivity (Wildman–Crippen MR) is 198 cm³/mol. The largest absolute Gasteiger partial charge is 0.378 e. The number of piperazine rings is 1. The van der Waals surface area contributed by atoms with Gasteiger partial charge in [-0.05, 0) is 67.1 Å². The summed E-state index contributed by atoms with van der Waals surface area (Å²) in [6, 6.07) is 10.7. The lowest BCUT2D eigenvalue weighted by Crippen LogP contribution is -2.59. The SMILES string of the molecule is CNC(=O)c1c(-c2cc(Nc3ccc(N4CCN(C5COC5)C[C@@H]4C)cn3)c(=O)n(C)c2)cc(F)cc1N1CCn2c(cc3c2CC(C)(C)C3)C1=O. The van der Waals surface area contributed by atoms with Crippen molar-refractivity contribution < 1.29 is 18.7 Å². The summed E-state index contributed by atoms with van der Waals surface area (Å²) < 4.78 is 24.5. The molecule has 3 aliphatic heterocycles. The lowest BCUT2D eigenvalue weighted by atomic mass is 9.90. The van der Waals surface area contributed by atoms with Crippen LogP contribution in [-0.4, -0.2) is 89.4 Å². The van der Waals surface area contributed by atoms with Crippen LogP contribution in [0.5, 0.6) is 0 Å². The first-order valence-corrected chi connectivity index (χ1v) is 18.0. The molecule has 52 heavy (non-hydrogen) atoms. The Hall–Kier alpha value is -5.01. The van der Waals surface area contributed by atoms with Gasteiger partial charge in [-0.2, -0.15) is 0 Å². The maximum atomic E-state index is 15.6. The van der Waals surface area contributed by atoms with Gasteiger partial charge >= 0.3 is 0 Å². The van der Waals surface area contributed by atoms with Gasteiger partial charge in [0.15, 0.2) is 0 Å². The molecule has 0 unspecified atom stereocenters. The van der Waals surface area contributed by atoms with Crippen LogP contribution >= 0.6 is 0 Å². The number of aromatic nitrogens is 3. The molecule has 0 spiro atoms. The van der Waals surface area contributed by atoms with Crippen molar-refractivity contribution in [2.45, 2.75) is 52.2 Å². The number of pyridine rings is 2. The Labute approximate surface area is 302 Å². The van der Waals surface area contributed by atoms with Crippen LogP contribution in [-0.2, 0) is 31.2 Å². The second-order valence-electron chi connectivity index (χ2n) is 15.4. The quantitative estimate of drug-likeness (QED) is 0.294. The molecule has 4 aliphatic rings. The van der Waals surface area contributed by atoms with Gasteiger partial charge in [-0.1, -0.05) is 13.8 Å². The number of amides is 2. The number of hydrogen-bond donors (Lipinski definition) is 2. The molecule has 2 N–H and O–H groups in total. The zero-order valence-corrected chi connectivity index (χ0v) is 30.3. The van der Waals surface area contributed by atoms with E-state index in [1.807, 2.05) is 18.2 Å². The standard InChI is InChI=1S/C39H45FN8O4/c1-23-19-45(28-21-52-22-28)8-9-46(23)27-6-7-34(42-18-27)43-30-12-25(20-44(5)37(30)50)29-14-26(40)15-31(35(29)36(49)41-4)48-11-10-47-32(38(48)51)13-24-16-39(2,3)17-33(24)47/h6-7,12-15,18,20,23,28H,8-11,16-17,19,21-22H2,1-5H3,(H,41,49)(H,42,43)/t23-/m0/s1. The highest BCUT2D eigenvalue weighted by atomic mass is 19.1. The third-order valence-corrected chi connectivity index (χ3v) is 11.1. The summed E-state index contributed by atoms with van der Waals surface area (Å²) in [7, 11) is 3.11. The molecule has 2 saturated heterocycles. The number of rotatable bonds is 7. The molecule has 4 aromatic rings. The lowest BCUT2D eigenvalue weighted by Gasteiger charge is -2.46. The van der Waals surface area contributed by atoms with Crippen LogP contribution in [0, 0.1) is 11.2 Å². The minimum absolute atomic E-state index is 0.139. The van der Waals surface area contributed by atoms with E-state index < -0.39 is 11.7 Å². The van der Waals surface area contributed by atoms with E-state index in [2.05, 4.69) is 50.8 Å². The van der Waals surface area contributed by atoms with Crippen LogP contribution in [0.2, 0.25) is 0 Å². The molecule has 272 valence electrons. The molecule has 6 heterocycles. The van der Waals surface area contributed by atoms with E-state index in [-0.39, 0.29) is 45.9 Å². The fourth-order valence-corrected chi connectivity index (χ4v) is 8.39. The van der Waals surface area contributed by atoms with Gasteiger partial charge in [0.25, 0.3) is 17.4 Å². The van der Waals surface area contributed by atoms with Crippen molar-refractivity contribution in [3.05, 3.63) is 87.5 Å². The van der Waals surface area contributed by atoms with Gasteiger partial charge in [-0.15, -0.1) is 0 Å². The van der Waals surface area contributed by atoms with Crippen LogP contribution in [0.15, 0.2) is 53.6 Å². The second kappa shape index (κ2) is 12.9. The molecule has 13 heteroatoms. The first-order chi connectivity index (χ1) is 24.9. The number of nitrogens with zero attached hydrogens (tertiary/aromatic N) is 6. The number of benzene rings is 1. The summed E-state index contributed by atoms with van der Waals surface area (Å²) in [6.45, 7) is 11.9. The lowest BCUT2D eigenvalue weighted by molar-refractivity contribution is -0.0691. The second-order valence-corrected chi connectivity index (χ2v) is 15.4. The van der Waals surface area contributed by atoms with Crippen molar-refractivity contribution in [3.63, 3.8) is 0 Å². The summed E-state index contributed by atoms with van der Waals surface area (Å²) in [5, 5.41) is 5.84. The predicted octanol–water partition coefficient (Wildman–Crippen LogP) is 4.19. The maximum absolute atomic E-state index is 15.6. The fourth-order valence-electron chi connectivity index (χ4n) is 8.39. The van der Waals surface area contributed by atoms with E-state index in [1.165, 1.54) is 39.9 Å². The molecule has 2 fully saturated rings. The van der Waals surface area contributed by atoms with Gasteiger partial charge in [-0.3, -0.25) is 19.3 Å². The monoisotopic (exact) mass is 708 g/mol. The van der Waals surface area contributed by atoms with Gasteiger partial charge in [-0.25, -0.2) is 9.37 Å². The molecule has 0 radical (unpaired) electrons. The zero-order chi connectivity index (χ0) is 36.5. The topological polar surface area (TPSA) is 117 Å². The molecule has 0 saturated carbocycles. The van der Waals surface area contributed by atoms with Crippen molar-refractivity contribution >= 4 is 34.7 Å². The molecule has 8 rings (SSSR count). The van der Waals surface area contributed by atoms with Gasteiger partial charge in [0, 0.05) is 75.9 Å². The van der Waals surface area contributed by atoms with E-state index in [1.54, 1.807) is 25.5 Å². The molecule has 12 nitrogen and oxygen atoms in total. The number of anilines is 4. The van der Waals surface area contributed by atoms with Crippen molar-refractivity contribution in [2.24, 2.45) is 12.5 Å². The molecular weight excluding hydrogens is 663 g/mol. The summed E-state index contributed by atoms with van der Waals surface area (Å²) in [6.07, 6.45) is 5.15. The molecule has 1 atom stereocenters. The van der Waals surface area contributed by atoms with E-state index in [4.69, 9.17) is 4.74 Å². The summed E-state index contributed by atoms with van der Waals surface area (Å²) in [5.74, 6) is -0.881. The van der Waals surface area contributed by atoms with E-state index in [9.17, 15) is 14.4 Å². The Balaban J connectivity index is 1.09. The van der Waals surface area contributed by atoms with Crippen molar-refractivity contribution in [3.8, 4) is 11.1 Å². The van der Waals surface area contributed by atoms with E-state index in [0.717, 1.165) is 51.4 Å². The number of carbonyl (C=O) groups is 2. The van der Waals surface area contributed by atoms with Crippen LogP contribution in [0.4, 0.5) is 27.3 Å². The summed E-state index contributed by atoms with van der Waals surface area (Å²) in [4.78, 5) is 52.0. The van der Waals surface area contributed by atoms with Crippen LogP contribution in [0.25, 0.3) is 11.1 Å². The smallest absolute Gasteiger partial charge is 0.274 e. The molecule has 1 aromatic carbocycles. The summed E-state index contributed by atoms with van der Waals surface area (Å²) >= 11 is 0. The van der Waals surface area contributed by atoms with Gasteiger partial charge in [0.1, 0.15) is 23.0 Å². The van der Waals surface area contributed by atoms with Gasteiger partial charge in [0.2, 0.25) is 0 Å². The zero-order valence-electron chi connectivity index (χ0n) is 30.3. The molecule has 2 amide bonds. The summed E-state index contributed by atoms with van der Waals surface area (Å²) in [5.41, 5.74) is 4.95.